The second-order valence-electron chi connectivity index (χ2n) is 4.18. The zero-order valence-corrected chi connectivity index (χ0v) is 12.1. The van der Waals surface area contributed by atoms with Gasteiger partial charge in [0.05, 0.1) is 4.92 Å². The van der Waals surface area contributed by atoms with E-state index in [4.69, 9.17) is 0 Å². The lowest BCUT2D eigenvalue weighted by atomic mass is 10.1. The first-order chi connectivity index (χ1) is 10.1. The number of thiazole rings is 1. The van der Waals surface area contributed by atoms with Gasteiger partial charge >= 0.3 is 5.69 Å². The van der Waals surface area contributed by atoms with E-state index in [1.165, 1.54) is 17.4 Å². The average molecular weight is 306 g/mol. The number of aromatic nitrogens is 1. The maximum absolute atomic E-state index is 12.2. The van der Waals surface area contributed by atoms with Crippen LogP contribution < -0.4 is 10.6 Å². The lowest BCUT2D eigenvalue weighted by molar-refractivity contribution is -0.384. The zero-order chi connectivity index (χ0) is 15.2. The molecule has 0 fully saturated rings. The standard InChI is InChI=1S/C13H14N4O3S/c1-2-6-14-10-5-3-4-9(11(10)17(19)20)12(18)16-13-15-7-8-21-13/h3-5,7-8,14H,2,6H2,1H3,(H,15,16,18). The van der Waals surface area contributed by atoms with Crippen LogP contribution in [0, 0.1) is 10.1 Å². The highest BCUT2D eigenvalue weighted by Crippen LogP contribution is 2.29. The Kier molecular flexibility index (Phi) is 4.83. The predicted octanol–water partition coefficient (Wildman–Crippen LogP) is 3.13. The average Bonchev–Trinajstić information content (AvgIpc) is 2.97. The minimum absolute atomic E-state index is 0.0105. The Labute approximate surface area is 125 Å². The van der Waals surface area contributed by atoms with Crippen molar-refractivity contribution in [1.82, 2.24) is 4.98 Å². The van der Waals surface area contributed by atoms with Gasteiger partial charge in [-0.05, 0) is 18.6 Å². The van der Waals surface area contributed by atoms with Crippen molar-refractivity contribution < 1.29 is 9.72 Å². The Balaban J connectivity index is 2.33. The molecular weight excluding hydrogens is 292 g/mol. The van der Waals surface area contributed by atoms with Crippen molar-refractivity contribution in [3.63, 3.8) is 0 Å². The number of nitrogens with zero attached hydrogens (tertiary/aromatic N) is 2. The molecule has 21 heavy (non-hydrogen) atoms. The topological polar surface area (TPSA) is 97.2 Å². The third-order valence-electron chi connectivity index (χ3n) is 2.68. The lowest BCUT2D eigenvalue weighted by Crippen LogP contribution is -2.15. The molecule has 1 amide bonds. The largest absolute Gasteiger partial charge is 0.379 e. The summed E-state index contributed by atoms with van der Waals surface area (Å²) >= 11 is 1.25. The first kappa shape index (κ1) is 14.9. The van der Waals surface area contributed by atoms with Crippen LogP contribution in [0.1, 0.15) is 23.7 Å². The van der Waals surface area contributed by atoms with Crippen molar-refractivity contribution in [2.45, 2.75) is 13.3 Å². The van der Waals surface area contributed by atoms with Gasteiger partial charge in [0.1, 0.15) is 11.3 Å². The van der Waals surface area contributed by atoms with Crippen LogP contribution in [-0.2, 0) is 0 Å². The summed E-state index contributed by atoms with van der Waals surface area (Å²) in [5, 5.41) is 18.9. The third kappa shape index (κ3) is 3.54. The number of benzene rings is 1. The Morgan fingerprint density at radius 3 is 2.90 bits per heavy atom. The minimum Gasteiger partial charge on any atom is -0.379 e. The number of hydrogen-bond donors (Lipinski definition) is 2. The third-order valence-corrected chi connectivity index (χ3v) is 3.37. The van der Waals surface area contributed by atoms with Gasteiger partial charge < -0.3 is 5.32 Å². The second kappa shape index (κ2) is 6.80. The highest BCUT2D eigenvalue weighted by Gasteiger charge is 2.24. The van der Waals surface area contributed by atoms with Crippen LogP contribution in [-0.4, -0.2) is 22.4 Å². The molecule has 0 saturated carbocycles. The number of nitrogens with one attached hydrogen (secondary N) is 2. The molecule has 1 aromatic carbocycles. The van der Waals surface area contributed by atoms with Crippen molar-refractivity contribution in [3.8, 4) is 0 Å². The number of carbonyl (C=O) groups is 1. The number of anilines is 2. The summed E-state index contributed by atoms with van der Waals surface area (Å²) < 4.78 is 0. The monoisotopic (exact) mass is 306 g/mol. The fourth-order valence-corrected chi connectivity index (χ4v) is 2.30. The predicted molar refractivity (Wildman–Crippen MR) is 81.9 cm³/mol. The van der Waals surface area contributed by atoms with Crippen molar-refractivity contribution >= 4 is 33.8 Å². The highest BCUT2D eigenvalue weighted by molar-refractivity contribution is 7.13. The van der Waals surface area contributed by atoms with Crippen molar-refractivity contribution in [2.24, 2.45) is 0 Å². The van der Waals surface area contributed by atoms with Crippen molar-refractivity contribution in [1.29, 1.82) is 0 Å². The molecule has 0 bridgehead atoms. The van der Waals surface area contributed by atoms with Gasteiger partial charge in [0.15, 0.2) is 5.13 Å². The molecule has 110 valence electrons. The quantitative estimate of drug-likeness (QED) is 0.631. The van der Waals surface area contributed by atoms with Crippen molar-refractivity contribution in [3.05, 3.63) is 45.5 Å². The first-order valence-corrected chi connectivity index (χ1v) is 7.23. The summed E-state index contributed by atoms with van der Waals surface area (Å²) in [5.41, 5.74) is 0.130. The summed E-state index contributed by atoms with van der Waals surface area (Å²) in [5.74, 6) is -0.545. The minimum atomic E-state index is -0.547. The van der Waals surface area contributed by atoms with Gasteiger partial charge in [-0.2, -0.15) is 0 Å². The number of para-hydroxylation sites is 1. The maximum Gasteiger partial charge on any atom is 0.305 e. The fraction of sp³-hybridized carbons (Fsp3) is 0.231. The molecular formula is C13H14N4O3S. The normalized spacial score (nSPS) is 10.1. The molecule has 0 aliphatic carbocycles. The van der Waals surface area contributed by atoms with E-state index in [0.29, 0.717) is 17.4 Å². The summed E-state index contributed by atoms with van der Waals surface area (Å²) in [6, 6.07) is 4.63. The molecule has 0 spiro atoms. The smallest absolute Gasteiger partial charge is 0.305 e. The number of nitro groups is 1. The maximum atomic E-state index is 12.2. The van der Waals surface area contributed by atoms with Gasteiger partial charge in [0.25, 0.3) is 5.91 Å². The van der Waals surface area contributed by atoms with E-state index in [-0.39, 0.29) is 11.3 Å². The summed E-state index contributed by atoms with van der Waals surface area (Å²) in [6.45, 7) is 2.55. The molecule has 1 aromatic heterocycles. The molecule has 2 aromatic rings. The molecule has 2 N–H and O–H groups in total. The van der Waals surface area contributed by atoms with E-state index in [9.17, 15) is 14.9 Å². The van der Waals surface area contributed by atoms with Crippen molar-refractivity contribution in [2.75, 3.05) is 17.2 Å². The molecule has 0 aliphatic rings. The molecule has 0 radical (unpaired) electrons. The summed E-state index contributed by atoms with van der Waals surface area (Å²) in [7, 11) is 0. The SMILES string of the molecule is CCCNc1cccc(C(=O)Nc2nccs2)c1[N+](=O)[O-]. The number of rotatable bonds is 6. The first-order valence-electron chi connectivity index (χ1n) is 6.35. The molecule has 0 aliphatic heterocycles. The van der Waals surface area contributed by atoms with Crippen LogP contribution in [0.4, 0.5) is 16.5 Å². The molecule has 0 atom stereocenters. The van der Waals surface area contributed by atoms with Gasteiger partial charge in [-0.1, -0.05) is 13.0 Å². The van der Waals surface area contributed by atoms with Gasteiger partial charge in [-0.3, -0.25) is 20.2 Å². The van der Waals surface area contributed by atoms with Crippen LogP contribution in [0.3, 0.4) is 0 Å². The molecule has 7 nitrogen and oxygen atoms in total. The number of nitro benzene ring substituents is 1. The van der Waals surface area contributed by atoms with Gasteiger partial charge in [0.2, 0.25) is 0 Å². The van der Waals surface area contributed by atoms with E-state index in [1.54, 1.807) is 23.7 Å². The molecule has 1 heterocycles. The zero-order valence-electron chi connectivity index (χ0n) is 11.3. The Morgan fingerprint density at radius 1 is 1.48 bits per heavy atom. The number of amides is 1. The number of hydrogen-bond acceptors (Lipinski definition) is 6. The Hall–Kier alpha value is -2.48. The van der Waals surface area contributed by atoms with Gasteiger partial charge in [-0.25, -0.2) is 4.98 Å². The molecule has 0 saturated heterocycles. The van der Waals surface area contributed by atoms with Crippen LogP contribution in [0.25, 0.3) is 0 Å². The highest BCUT2D eigenvalue weighted by atomic mass is 32.1. The van der Waals surface area contributed by atoms with E-state index in [1.807, 2.05) is 6.92 Å². The van der Waals surface area contributed by atoms with Gasteiger partial charge in [0, 0.05) is 18.1 Å². The Morgan fingerprint density at radius 2 is 2.29 bits per heavy atom. The Bertz CT molecular complexity index is 643. The number of carbonyl (C=O) groups excluding carboxylic acids is 1. The van der Waals surface area contributed by atoms with Crippen LogP contribution in [0.2, 0.25) is 0 Å². The van der Waals surface area contributed by atoms with Crippen LogP contribution in [0.5, 0.6) is 0 Å². The van der Waals surface area contributed by atoms with E-state index >= 15 is 0 Å². The second-order valence-corrected chi connectivity index (χ2v) is 5.07. The van der Waals surface area contributed by atoms with Crippen LogP contribution in [0.15, 0.2) is 29.8 Å². The van der Waals surface area contributed by atoms with E-state index in [0.717, 1.165) is 6.42 Å². The lowest BCUT2D eigenvalue weighted by Gasteiger charge is -2.09. The fourth-order valence-electron chi connectivity index (χ4n) is 1.78. The molecule has 0 unspecified atom stereocenters. The van der Waals surface area contributed by atoms with E-state index in [2.05, 4.69) is 15.6 Å². The molecule has 2 rings (SSSR count). The van der Waals surface area contributed by atoms with Gasteiger partial charge in [-0.15, -0.1) is 11.3 Å². The summed E-state index contributed by atoms with van der Waals surface area (Å²) in [6.07, 6.45) is 2.38. The van der Waals surface area contributed by atoms with Crippen LogP contribution >= 0.6 is 11.3 Å². The van der Waals surface area contributed by atoms with E-state index < -0.39 is 10.8 Å². The molecule has 8 heteroatoms. The summed E-state index contributed by atoms with van der Waals surface area (Å²) in [4.78, 5) is 26.9.